The van der Waals surface area contributed by atoms with E-state index in [-0.39, 0.29) is 17.2 Å². The van der Waals surface area contributed by atoms with Crippen LogP contribution < -0.4 is 5.43 Å². The van der Waals surface area contributed by atoms with Crippen LogP contribution in [-0.2, 0) is 17.5 Å². The van der Waals surface area contributed by atoms with Gasteiger partial charge in [-0.25, -0.2) is 15.0 Å². The Morgan fingerprint density at radius 3 is 2.76 bits per heavy atom. The zero-order valence-electron chi connectivity index (χ0n) is 12.8. The Morgan fingerprint density at radius 1 is 1.44 bits per heavy atom. The van der Waals surface area contributed by atoms with E-state index in [2.05, 4.69) is 10.1 Å². The summed E-state index contributed by atoms with van der Waals surface area (Å²) in [5.41, 5.74) is 0.917. The molecular weight excluding hydrogens is 343 g/mol. The maximum atomic E-state index is 12.8. The van der Waals surface area contributed by atoms with Crippen molar-refractivity contribution in [2.45, 2.75) is 19.6 Å². The number of nitrogens with zero attached hydrogens (tertiary/aromatic N) is 4. The number of alkyl halides is 3. The van der Waals surface area contributed by atoms with Crippen molar-refractivity contribution in [2.24, 2.45) is 5.10 Å². The zero-order valence-corrected chi connectivity index (χ0v) is 12.8. The van der Waals surface area contributed by atoms with Gasteiger partial charge in [-0.05, 0) is 11.0 Å². The Kier molecular flexibility index (Phi) is 5.15. The molecule has 25 heavy (non-hydrogen) atoms. The molecular formula is C14H12F3N5O3. The number of nitro groups is 1. The topological polar surface area (TPSA) is 102 Å². The molecule has 0 bridgehead atoms. The highest BCUT2D eigenvalue weighted by atomic mass is 19.4. The van der Waals surface area contributed by atoms with Crippen molar-refractivity contribution >= 4 is 17.9 Å². The van der Waals surface area contributed by atoms with Crippen LogP contribution in [0.2, 0.25) is 0 Å². The molecule has 132 valence electrons. The fraction of sp³-hybridized carbons (Fsp3) is 0.214. The lowest BCUT2D eigenvalue weighted by Gasteiger charge is -2.09. The van der Waals surface area contributed by atoms with E-state index in [9.17, 15) is 28.1 Å². The van der Waals surface area contributed by atoms with E-state index in [0.29, 0.717) is 0 Å². The molecule has 1 heterocycles. The molecule has 11 heteroatoms. The number of nitrogens with one attached hydrogen (secondary N) is 1. The summed E-state index contributed by atoms with van der Waals surface area (Å²) in [4.78, 5) is 25.7. The largest absolute Gasteiger partial charge is 0.417 e. The van der Waals surface area contributed by atoms with Crippen molar-refractivity contribution < 1.29 is 22.9 Å². The molecule has 0 radical (unpaired) electrons. The number of aromatic nitrogens is 2. The maximum absolute atomic E-state index is 12.8. The molecule has 0 aliphatic carbocycles. The molecule has 0 aliphatic heterocycles. The van der Waals surface area contributed by atoms with Gasteiger partial charge in [0.2, 0.25) is 0 Å². The highest BCUT2D eigenvalue weighted by Crippen LogP contribution is 2.31. The Bertz CT molecular complexity index is 829. The molecule has 8 nitrogen and oxygen atoms in total. The normalized spacial score (nSPS) is 11.7. The fourth-order valence-corrected chi connectivity index (χ4v) is 2.02. The lowest BCUT2D eigenvalue weighted by atomic mass is 10.1. The third kappa shape index (κ3) is 4.40. The van der Waals surface area contributed by atoms with Gasteiger partial charge in [0, 0.05) is 12.5 Å². The van der Waals surface area contributed by atoms with E-state index in [4.69, 9.17) is 0 Å². The van der Waals surface area contributed by atoms with Crippen LogP contribution in [0.1, 0.15) is 17.0 Å². The molecule has 1 amide bonds. The maximum Gasteiger partial charge on any atom is 0.417 e. The van der Waals surface area contributed by atoms with Gasteiger partial charge in [0.25, 0.3) is 5.91 Å². The number of imidazole rings is 1. The van der Waals surface area contributed by atoms with Crippen LogP contribution in [-0.4, -0.2) is 26.6 Å². The monoisotopic (exact) mass is 355 g/mol. The van der Waals surface area contributed by atoms with Crippen molar-refractivity contribution in [3.63, 3.8) is 0 Å². The third-order valence-electron chi connectivity index (χ3n) is 3.18. The van der Waals surface area contributed by atoms with Gasteiger partial charge in [-0.3, -0.25) is 4.79 Å². The van der Waals surface area contributed by atoms with Gasteiger partial charge in [0.1, 0.15) is 6.20 Å². The first-order valence-corrected chi connectivity index (χ1v) is 6.85. The lowest BCUT2D eigenvalue weighted by Crippen LogP contribution is -2.24. The highest BCUT2D eigenvalue weighted by molar-refractivity contribution is 5.84. The lowest BCUT2D eigenvalue weighted by molar-refractivity contribution is -0.392. The second kappa shape index (κ2) is 7.11. The second-order valence-electron chi connectivity index (χ2n) is 4.89. The molecule has 0 aliphatic rings. The number of aryl methyl sites for hydroxylation is 1. The summed E-state index contributed by atoms with van der Waals surface area (Å²) in [6, 6.07) is 4.72. The Labute approximate surface area is 139 Å². The third-order valence-corrected chi connectivity index (χ3v) is 3.18. The van der Waals surface area contributed by atoms with E-state index < -0.39 is 29.1 Å². The summed E-state index contributed by atoms with van der Waals surface area (Å²) in [6.45, 7) is 1.03. The van der Waals surface area contributed by atoms with Crippen LogP contribution >= 0.6 is 0 Å². The first-order valence-electron chi connectivity index (χ1n) is 6.85. The molecule has 0 saturated carbocycles. The van der Waals surface area contributed by atoms with Gasteiger partial charge in [-0.2, -0.15) is 18.3 Å². The average molecular weight is 355 g/mol. The highest BCUT2D eigenvalue weighted by Gasteiger charge is 2.32. The molecule has 1 aromatic heterocycles. The first-order chi connectivity index (χ1) is 11.7. The minimum Gasteiger partial charge on any atom is -0.358 e. The summed E-state index contributed by atoms with van der Waals surface area (Å²) in [5.74, 6) is -0.878. The number of carbonyl (C=O) groups is 1. The molecule has 0 fully saturated rings. The standard InChI is InChI=1S/C14H12F3N5O3/c1-9-18-7-13(22(24)25)21(9)8-12(23)20-19-6-10-4-2-3-5-11(10)14(15,16)17/h2-7H,8H2,1H3,(H,20,23). The summed E-state index contributed by atoms with van der Waals surface area (Å²) in [6.07, 6.45) is -2.69. The number of hydrogen-bond donors (Lipinski definition) is 1. The smallest absolute Gasteiger partial charge is 0.358 e. The second-order valence-corrected chi connectivity index (χ2v) is 4.89. The van der Waals surface area contributed by atoms with Crippen LogP contribution in [0.3, 0.4) is 0 Å². The van der Waals surface area contributed by atoms with Crippen LogP contribution in [0.25, 0.3) is 0 Å². The minimum atomic E-state index is -4.55. The molecule has 0 unspecified atom stereocenters. The number of hydrazone groups is 1. The predicted octanol–water partition coefficient (Wildman–Crippen LogP) is 2.27. The fourth-order valence-electron chi connectivity index (χ4n) is 2.02. The number of amides is 1. The summed E-state index contributed by atoms with van der Waals surface area (Å²) in [5, 5.41) is 14.3. The number of hydrogen-bond acceptors (Lipinski definition) is 5. The molecule has 2 rings (SSSR count). The molecule has 0 saturated heterocycles. The van der Waals surface area contributed by atoms with Crippen LogP contribution in [0.15, 0.2) is 35.6 Å². The molecule has 2 aromatic rings. The Hall–Kier alpha value is -3.24. The van der Waals surface area contributed by atoms with Gasteiger partial charge >= 0.3 is 12.0 Å². The summed E-state index contributed by atoms with van der Waals surface area (Å²) < 4.78 is 39.5. The quantitative estimate of drug-likeness (QED) is 0.505. The van der Waals surface area contributed by atoms with Crippen molar-refractivity contribution in [3.05, 3.63) is 57.5 Å². The Balaban J connectivity index is 2.08. The SMILES string of the molecule is Cc1ncc([N+](=O)[O-])n1CC(=O)NN=Cc1ccccc1C(F)(F)F. The molecule has 0 atom stereocenters. The van der Waals surface area contributed by atoms with Crippen molar-refractivity contribution in [1.82, 2.24) is 15.0 Å². The van der Waals surface area contributed by atoms with E-state index in [1.54, 1.807) is 0 Å². The van der Waals surface area contributed by atoms with Gasteiger partial charge in [-0.15, -0.1) is 0 Å². The van der Waals surface area contributed by atoms with Crippen molar-refractivity contribution in [3.8, 4) is 0 Å². The molecule has 1 aromatic carbocycles. The number of rotatable bonds is 5. The molecule has 1 N–H and O–H groups in total. The summed E-state index contributed by atoms with van der Waals surface area (Å²) in [7, 11) is 0. The van der Waals surface area contributed by atoms with E-state index in [0.717, 1.165) is 23.0 Å². The van der Waals surface area contributed by atoms with Gasteiger partial charge in [0.05, 0.1) is 11.8 Å². The Morgan fingerprint density at radius 2 is 2.12 bits per heavy atom. The van der Waals surface area contributed by atoms with Crippen molar-refractivity contribution in [1.29, 1.82) is 0 Å². The van der Waals surface area contributed by atoms with Crippen LogP contribution in [0.4, 0.5) is 19.0 Å². The number of carbonyl (C=O) groups excluding carboxylic acids is 1. The summed E-state index contributed by atoms with van der Waals surface area (Å²) >= 11 is 0. The van der Waals surface area contributed by atoms with Crippen LogP contribution in [0, 0.1) is 17.0 Å². The van der Waals surface area contributed by atoms with E-state index >= 15 is 0 Å². The van der Waals surface area contributed by atoms with Crippen molar-refractivity contribution in [2.75, 3.05) is 0 Å². The molecule has 0 spiro atoms. The zero-order chi connectivity index (χ0) is 18.6. The van der Waals surface area contributed by atoms with Crippen LogP contribution in [0.5, 0.6) is 0 Å². The van der Waals surface area contributed by atoms with E-state index in [1.165, 1.54) is 25.1 Å². The number of halogens is 3. The van der Waals surface area contributed by atoms with Gasteiger partial charge in [0.15, 0.2) is 12.4 Å². The predicted molar refractivity (Wildman–Crippen MR) is 80.8 cm³/mol. The van der Waals surface area contributed by atoms with E-state index in [1.807, 2.05) is 5.43 Å². The average Bonchev–Trinajstić information content (AvgIpc) is 2.88. The van der Waals surface area contributed by atoms with Gasteiger partial charge < -0.3 is 10.1 Å². The van der Waals surface area contributed by atoms with Gasteiger partial charge in [-0.1, -0.05) is 18.2 Å². The number of benzene rings is 1. The first kappa shape index (κ1) is 18.1. The minimum absolute atomic E-state index is 0.222.